The Labute approximate surface area is 115 Å². The van der Waals surface area contributed by atoms with Crippen molar-refractivity contribution in [3.05, 3.63) is 0 Å². The molecule has 0 fully saturated rings. The second-order valence-electron chi connectivity index (χ2n) is 4.47. The zero-order valence-electron chi connectivity index (χ0n) is 11.6. The standard InChI is InChI=1S/C14H24N2O3/c1-3-5-6-7-8-9-11-15-14(19)16-12(10-4-2)13(17)18/h2,12H,3,5-11H2,1H3,(H,17,18)(H2,15,16,19). The van der Waals surface area contributed by atoms with E-state index in [4.69, 9.17) is 11.5 Å². The van der Waals surface area contributed by atoms with Crippen LogP contribution in [0.5, 0.6) is 0 Å². The lowest BCUT2D eigenvalue weighted by atomic mass is 10.1. The van der Waals surface area contributed by atoms with Crippen molar-refractivity contribution in [1.29, 1.82) is 0 Å². The Kier molecular flexibility index (Phi) is 10.4. The van der Waals surface area contributed by atoms with Crippen molar-refractivity contribution < 1.29 is 14.7 Å². The molecule has 5 nitrogen and oxygen atoms in total. The van der Waals surface area contributed by atoms with Crippen molar-refractivity contribution in [3.63, 3.8) is 0 Å². The number of hydrogen-bond donors (Lipinski definition) is 3. The highest BCUT2D eigenvalue weighted by atomic mass is 16.4. The maximum atomic E-state index is 11.4. The van der Waals surface area contributed by atoms with E-state index >= 15 is 0 Å². The molecule has 0 radical (unpaired) electrons. The number of aliphatic carboxylic acids is 1. The third-order valence-corrected chi connectivity index (χ3v) is 2.74. The number of carbonyl (C=O) groups excluding carboxylic acids is 1. The van der Waals surface area contributed by atoms with Gasteiger partial charge in [0.25, 0.3) is 0 Å². The summed E-state index contributed by atoms with van der Waals surface area (Å²) in [4.78, 5) is 22.2. The molecule has 0 bridgehead atoms. The van der Waals surface area contributed by atoms with Crippen molar-refractivity contribution >= 4 is 12.0 Å². The van der Waals surface area contributed by atoms with E-state index in [-0.39, 0.29) is 6.42 Å². The third-order valence-electron chi connectivity index (χ3n) is 2.74. The number of carboxylic acid groups (broad SMARTS) is 1. The molecule has 0 saturated heterocycles. The summed E-state index contributed by atoms with van der Waals surface area (Å²) in [6.07, 6.45) is 11.9. The molecule has 5 heteroatoms. The van der Waals surface area contributed by atoms with Gasteiger partial charge in [-0.2, -0.15) is 0 Å². The lowest BCUT2D eigenvalue weighted by Gasteiger charge is -2.12. The van der Waals surface area contributed by atoms with Crippen LogP contribution in [0.4, 0.5) is 4.79 Å². The molecule has 1 unspecified atom stereocenters. The number of carboxylic acids is 1. The molecular formula is C14H24N2O3. The molecule has 0 aliphatic rings. The van der Waals surface area contributed by atoms with Crippen molar-refractivity contribution in [2.45, 2.75) is 57.9 Å². The molecule has 0 saturated carbocycles. The van der Waals surface area contributed by atoms with E-state index in [1.54, 1.807) is 0 Å². The van der Waals surface area contributed by atoms with Gasteiger partial charge in [0.05, 0.1) is 0 Å². The highest BCUT2D eigenvalue weighted by molar-refractivity contribution is 5.82. The summed E-state index contributed by atoms with van der Waals surface area (Å²) in [6.45, 7) is 2.72. The van der Waals surface area contributed by atoms with Crippen LogP contribution in [0.1, 0.15) is 51.9 Å². The fraction of sp³-hybridized carbons (Fsp3) is 0.714. The number of amides is 2. The van der Waals surface area contributed by atoms with Crippen LogP contribution in [0.15, 0.2) is 0 Å². The summed E-state index contributed by atoms with van der Waals surface area (Å²) >= 11 is 0. The van der Waals surface area contributed by atoms with Gasteiger partial charge in [-0.25, -0.2) is 9.59 Å². The van der Waals surface area contributed by atoms with Gasteiger partial charge in [0, 0.05) is 13.0 Å². The number of hydrogen-bond acceptors (Lipinski definition) is 2. The number of nitrogens with one attached hydrogen (secondary N) is 2. The smallest absolute Gasteiger partial charge is 0.327 e. The van der Waals surface area contributed by atoms with Crippen LogP contribution in [0, 0.1) is 12.3 Å². The second-order valence-corrected chi connectivity index (χ2v) is 4.47. The molecule has 108 valence electrons. The summed E-state index contributed by atoms with van der Waals surface area (Å²) in [5, 5.41) is 13.8. The van der Waals surface area contributed by atoms with Gasteiger partial charge < -0.3 is 15.7 Å². The Morgan fingerprint density at radius 1 is 1.21 bits per heavy atom. The van der Waals surface area contributed by atoms with E-state index in [9.17, 15) is 9.59 Å². The van der Waals surface area contributed by atoms with Crippen molar-refractivity contribution in [2.75, 3.05) is 6.54 Å². The van der Waals surface area contributed by atoms with Crippen LogP contribution in [0.25, 0.3) is 0 Å². The number of carbonyl (C=O) groups is 2. The number of rotatable bonds is 10. The first-order chi connectivity index (χ1) is 9.11. The van der Waals surface area contributed by atoms with Crippen molar-refractivity contribution in [1.82, 2.24) is 10.6 Å². The van der Waals surface area contributed by atoms with E-state index in [2.05, 4.69) is 23.5 Å². The molecule has 19 heavy (non-hydrogen) atoms. The van der Waals surface area contributed by atoms with Gasteiger partial charge in [0.15, 0.2) is 0 Å². The molecule has 0 aromatic heterocycles. The first kappa shape index (κ1) is 17.3. The van der Waals surface area contributed by atoms with Gasteiger partial charge in [-0.1, -0.05) is 39.0 Å². The van der Waals surface area contributed by atoms with E-state index < -0.39 is 18.0 Å². The monoisotopic (exact) mass is 268 g/mol. The van der Waals surface area contributed by atoms with Gasteiger partial charge in [-0.3, -0.25) is 0 Å². The van der Waals surface area contributed by atoms with Crippen LogP contribution < -0.4 is 10.6 Å². The average Bonchev–Trinajstić information content (AvgIpc) is 2.37. The Bertz CT molecular complexity index is 310. The average molecular weight is 268 g/mol. The lowest BCUT2D eigenvalue weighted by Crippen LogP contribution is -2.46. The molecule has 1 atom stereocenters. The van der Waals surface area contributed by atoms with Crippen molar-refractivity contribution in [2.24, 2.45) is 0 Å². The molecule has 0 aromatic rings. The number of unbranched alkanes of at least 4 members (excludes halogenated alkanes) is 5. The fourth-order valence-electron chi connectivity index (χ4n) is 1.63. The molecule has 2 amide bonds. The molecule has 0 aliphatic heterocycles. The lowest BCUT2D eigenvalue weighted by molar-refractivity contribution is -0.139. The highest BCUT2D eigenvalue weighted by Crippen LogP contribution is 2.03. The van der Waals surface area contributed by atoms with Gasteiger partial charge in [0.1, 0.15) is 6.04 Å². The predicted octanol–water partition coefficient (Wildman–Crippen LogP) is 2.12. The van der Waals surface area contributed by atoms with E-state index in [0.717, 1.165) is 12.8 Å². The summed E-state index contributed by atoms with van der Waals surface area (Å²) in [5.74, 6) is 1.11. The maximum Gasteiger partial charge on any atom is 0.327 e. The Morgan fingerprint density at radius 2 is 1.84 bits per heavy atom. The highest BCUT2D eigenvalue weighted by Gasteiger charge is 2.17. The minimum absolute atomic E-state index is 0.0141. The second kappa shape index (κ2) is 11.4. The van der Waals surface area contributed by atoms with Gasteiger partial charge >= 0.3 is 12.0 Å². The van der Waals surface area contributed by atoms with E-state index in [0.29, 0.717) is 6.54 Å². The summed E-state index contributed by atoms with van der Waals surface area (Å²) in [6, 6.07) is -1.49. The number of terminal acetylenes is 1. The van der Waals surface area contributed by atoms with Crippen LogP contribution in [-0.2, 0) is 4.79 Å². The van der Waals surface area contributed by atoms with Gasteiger partial charge in [-0.05, 0) is 6.42 Å². The van der Waals surface area contributed by atoms with Crippen LogP contribution >= 0.6 is 0 Å². The Balaban J connectivity index is 3.63. The maximum absolute atomic E-state index is 11.4. The quantitative estimate of drug-likeness (QED) is 0.419. The Hall–Kier alpha value is -1.70. The largest absolute Gasteiger partial charge is 0.480 e. The molecule has 0 aliphatic carbocycles. The predicted molar refractivity (Wildman–Crippen MR) is 74.8 cm³/mol. The zero-order valence-corrected chi connectivity index (χ0v) is 11.6. The van der Waals surface area contributed by atoms with E-state index in [1.807, 2.05) is 0 Å². The summed E-state index contributed by atoms with van der Waals surface area (Å²) in [7, 11) is 0. The van der Waals surface area contributed by atoms with E-state index in [1.165, 1.54) is 25.7 Å². The topological polar surface area (TPSA) is 78.4 Å². The summed E-state index contributed by atoms with van der Waals surface area (Å²) < 4.78 is 0. The summed E-state index contributed by atoms with van der Waals surface area (Å²) in [5.41, 5.74) is 0. The number of urea groups is 1. The Morgan fingerprint density at radius 3 is 2.42 bits per heavy atom. The molecule has 3 N–H and O–H groups in total. The van der Waals surface area contributed by atoms with Crippen LogP contribution in [-0.4, -0.2) is 29.7 Å². The third kappa shape index (κ3) is 9.95. The molecule has 0 spiro atoms. The molecule has 0 heterocycles. The molecular weight excluding hydrogens is 244 g/mol. The van der Waals surface area contributed by atoms with Gasteiger partial charge in [0.2, 0.25) is 0 Å². The van der Waals surface area contributed by atoms with Gasteiger partial charge in [-0.15, -0.1) is 12.3 Å². The molecule has 0 aromatic carbocycles. The molecule has 0 rings (SSSR count). The van der Waals surface area contributed by atoms with Crippen LogP contribution in [0.2, 0.25) is 0 Å². The first-order valence-corrected chi connectivity index (χ1v) is 6.82. The zero-order chi connectivity index (χ0) is 14.5. The first-order valence-electron chi connectivity index (χ1n) is 6.82. The van der Waals surface area contributed by atoms with Crippen molar-refractivity contribution in [3.8, 4) is 12.3 Å². The SMILES string of the molecule is C#CCC(NC(=O)NCCCCCCCC)C(=O)O. The minimum atomic E-state index is -1.12. The fourth-order valence-corrected chi connectivity index (χ4v) is 1.63. The normalized spacial score (nSPS) is 11.4. The minimum Gasteiger partial charge on any atom is -0.480 e. The van der Waals surface area contributed by atoms with Crippen LogP contribution in [0.3, 0.4) is 0 Å².